The van der Waals surface area contributed by atoms with E-state index >= 15 is 0 Å². The molecule has 18 heavy (non-hydrogen) atoms. The molecule has 0 aliphatic rings. The minimum Gasteiger partial charge on any atom is -0.249 e. The zero-order valence-corrected chi connectivity index (χ0v) is 12.5. The maximum absolute atomic E-state index is 13.8. The number of pyridine rings is 1. The Kier molecular flexibility index (Phi) is 3.36. The Balaban J connectivity index is 2.91. The molecular weight excluding hydrogens is 324 g/mol. The Morgan fingerprint density at radius 1 is 1.17 bits per heavy atom. The van der Waals surface area contributed by atoms with Crippen LogP contribution in [0.5, 0.6) is 0 Å². The summed E-state index contributed by atoms with van der Waals surface area (Å²) < 4.78 is 27.4. The van der Waals surface area contributed by atoms with Gasteiger partial charge in [-0.2, -0.15) is 0 Å². The van der Waals surface area contributed by atoms with Gasteiger partial charge in [-0.15, -0.1) is 0 Å². The van der Waals surface area contributed by atoms with Crippen molar-refractivity contribution < 1.29 is 8.78 Å². The normalized spacial score (nSPS) is 12.2. The molecule has 2 aromatic rings. The molecule has 0 radical (unpaired) electrons. The Morgan fingerprint density at radius 2 is 1.78 bits per heavy atom. The van der Waals surface area contributed by atoms with Crippen LogP contribution in [-0.4, -0.2) is 4.98 Å². The average molecular weight is 335 g/mol. The highest BCUT2D eigenvalue weighted by Gasteiger charge is 2.21. The second-order valence-electron chi connectivity index (χ2n) is 5.12. The third kappa shape index (κ3) is 2.24. The number of halogens is 4. The van der Waals surface area contributed by atoms with Gasteiger partial charge in [-0.05, 0) is 22.0 Å². The molecule has 0 aliphatic heterocycles. The van der Waals surface area contributed by atoms with Crippen molar-refractivity contribution in [2.75, 3.05) is 0 Å². The SMILES string of the molecule is CC(C)(C)c1cc(Cl)c2c(Br)c(F)cc(F)c2n1. The largest absolute Gasteiger partial charge is 0.249 e. The van der Waals surface area contributed by atoms with Gasteiger partial charge in [0, 0.05) is 22.6 Å². The number of hydrogen-bond donors (Lipinski definition) is 0. The van der Waals surface area contributed by atoms with Gasteiger partial charge in [-0.25, -0.2) is 13.8 Å². The van der Waals surface area contributed by atoms with E-state index in [0.717, 1.165) is 6.07 Å². The Bertz CT molecular complexity index is 635. The third-order valence-corrected chi connectivity index (χ3v) is 3.72. The molecule has 0 atom stereocenters. The molecule has 0 fully saturated rings. The summed E-state index contributed by atoms with van der Waals surface area (Å²) in [6, 6.07) is 2.45. The number of aromatic nitrogens is 1. The predicted molar refractivity (Wildman–Crippen MR) is 73.1 cm³/mol. The van der Waals surface area contributed by atoms with Crippen LogP contribution < -0.4 is 0 Å². The fourth-order valence-electron chi connectivity index (χ4n) is 1.64. The molecule has 0 unspecified atom stereocenters. The first-order chi connectivity index (χ1) is 8.21. The molecule has 0 aliphatic carbocycles. The van der Waals surface area contributed by atoms with E-state index in [1.165, 1.54) is 0 Å². The molecule has 0 N–H and O–H groups in total. The monoisotopic (exact) mass is 333 g/mol. The summed E-state index contributed by atoms with van der Waals surface area (Å²) in [5.74, 6) is -1.40. The van der Waals surface area contributed by atoms with Crippen molar-refractivity contribution in [3.63, 3.8) is 0 Å². The van der Waals surface area contributed by atoms with Gasteiger partial charge in [0.1, 0.15) is 11.3 Å². The summed E-state index contributed by atoms with van der Waals surface area (Å²) in [4.78, 5) is 4.25. The lowest BCUT2D eigenvalue weighted by Crippen LogP contribution is -2.14. The van der Waals surface area contributed by atoms with E-state index in [1.54, 1.807) is 6.07 Å². The van der Waals surface area contributed by atoms with Gasteiger partial charge in [0.25, 0.3) is 0 Å². The summed E-state index contributed by atoms with van der Waals surface area (Å²) in [7, 11) is 0. The highest BCUT2D eigenvalue weighted by Crippen LogP contribution is 2.36. The van der Waals surface area contributed by atoms with Crippen LogP contribution in [0.2, 0.25) is 5.02 Å². The Labute approximate surface area is 117 Å². The van der Waals surface area contributed by atoms with Crippen molar-refractivity contribution in [2.24, 2.45) is 0 Å². The number of rotatable bonds is 0. The third-order valence-electron chi connectivity index (χ3n) is 2.65. The summed E-state index contributed by atoms with van der Waals surface area (Å²) in [6.45, 7) is 5.86. The molecule has 1 nitrogen and oxygen atoms in total. The van der Waals surface area contributed by atoms with E-state index in [2.05, 4.69) is 20.9 Å². The lowest BCUT2D eigenvalue weighted by atomic mass is 9.91. The average Bonchev–Trinajstić information content (AvgIpc) is 2.24. The molecule has 96 valence electrons. The van der Waals surface area contributed by atoms with E-state index in [0.29, 0.717) is 5.69 Å². The van der Waals surface area contributed by atoms with Crippen LogP contribution in [0.15, 0.2) is 16.6 Å². The van der Waals surface area contributed by atoms with Crippen LogP contribution in [0.3, 0.4) is 0 Å². The van der Waals surface area contributed by atoms with Crippen LogP contribution in [-0.2, 0) is 5.41 Å². The molecule has 1 aromatic heterocycles. The highest BCUT2D eigenvalue weighted by atomic mass is 79.9. The standard InChI is InChI=1S/C13H11BrClF2N/c1-13(2,3)9-4-6(15)10-11(14)7(16)5-8(17)12(10)18-9/h4-5H,1-3H3. The maximum atomic E-state index is 13.8. The lowest BCUT2D eigenvalue weighted by Gasteiger charge is -2.19. The van der Waals surface area contributed by atoms with Crippen molar-refractivity contribution >= 4 is 38.4 Å². The number of nitrogens with zero attached hydrogens (tertiary/aromatic N) is 1. The van der Waals surface area contributed by atoms with Crippen LogP contribution in [0.1, 0.15) is 26.5 Å². The van der Waals surface area contributed by atoms with Gasteiger partial charge in [-0.3, -0.25) is 0 Å². The molecule has 0 saturated heterocycles. The van der Waals surface area contributed by atoms with Crippen molar-refractivity contribution in [1.29, 1.82) is 0 Å². The minimum absolute atomic E-state index is 0.0840. The molecule has 0 spiro atoms. The topological polar surface area (TPSA) is 12.9 Å². The van der Waals surface area contributed by atoms with Gasteiger partial charge in [-0.1, -0.05) is 32.4 Å². The van der Waals surface area contributed by atoms with E-state index < -0.39 is 11.6 Å². The van der Waals surface area contributed by atoms with Gasteiger partial charge in [0.2, 0.25) is 0 Å². The molecule has 5 heteroatoms. The van der Waals surface area contributed by atoms with Gasteiger partial charge >= 0.3 is 0 Å². The molecule has 2 rings (SSSR count). The first-order valence-corrected chi connectivity index (χ1v) is 6.53. The van der Waals surface area contributed by atoms with Crippen molar-refractivity contribution in [3.8, 4) is 0 Å². The molecule has 1 heterocycles. The van der Waals surface area contributed by atoms with E-state index in [9.17, 15) is 8.78 Å². The summed E-state index contributed by atoms with van der Waals surface area (Å²) in [5, 5.41) is 0.553. The van der Waals surface area contributed by atoms with Crippen molar-refractivity contribution in [1.82, 2.24) is 4.98 Å². The number of fused-ring (bicyclic) bond motifs is 1. The summed E-state index contributed by atoms with van der Waals surface area (Å²) in [6.07, 6.45) is 0. The van der Waals surface area contributed by atoms with Crippen LogP contribution in [0.25, 0.3) is 10.9 Å². The second-order valence-corrected chi connectivity index (χ2v) is 6.32. The summed E-state index contributed by atoms with van der Waals surface area (Å²) >= 11 is 9.19. The first-order valence-electron chi connectivity index (χ1n) is 5.36. The summed E-state index contributed by atoms with van der Waals surface area (Å²) in [5.41, 5.74) is 0.489. The highest BCUT2D eigenvalue weighted by molar-refractivity contribution is 9.10. The van der Waals surface area contributed by atoms with Crippen molar-refractivity contribution in [3.05, 3.63) is 39.0 Å². The van der Waals surface area contributed by atoms with E-state index in [-0.39, 0.29) is 25.8 Å². The molecule has 0 bridgehead atoms. The van der Waals surface area contributed by atoms with Gasteiger partial charge in [0.05, 0.1) is 9.50 Å². The quantitative estimate of drug-likeness (QED) is 0.601. The van der Waals surface area contributed by atoms with Crippen molar-refractivity contribution in [2.45, 2.75) is 26.2 Å². The Hall–Kier alpha value is -0.740. The van der Waals surface area contributed by atoms with E-state index in [1.807, 2.05) is 20.8 Å². The first kappa shape index (κ1) is 13.7. The van der Waals surface area contributed by atoms with Crippen LogP contribution in [0, 0.1) is 11.6 Å². The zero-order chi connectivity index (χ0) is 13.7. The predicted octanol–water partition coefficient (Wildman–Crippen LogP) is 5.23. The smallest absolute Gasteiger partial charge is 0.152 e. The number of benzene rings is 1. The van der Waals surface area contributed by atoms with Crippen LogP contribution in [0.4, 0.5) is 8.78 Å². The molecule has 0 saturated carbocycles. The zero-order valence-electron chi connectivity index (χ0n) is 10.1. The molecule has 0 amide bonds. The maximum Gasteiger partial charge on any atom is 0.152 e. The van der Waals surface area contributed by atoms with Gasteiger partial charge in [0.15, 0.2) is 5.82 Å². The fourth-order valence-corrected chi connectivity index (χ4v) is 2.56. The molecule has 1 aromatic carbocycles. The fraction of sp³-hybridized carbons (Fsp3) is 0.308. The molecular formula is C13H11BrClF2N. The van der Waals surface area contributed by atoms with Gasteiger partial charge < -0.3 is 0 Å². The second kappa shape index (κ2) is 4.42. The van der Waals surface area contributed by atoms with E-state index in [4.69, 9.17) is 11.6 Å². The van der Waals surface area contributed by atoms with Crippen LogP contribution >= 0.6 is 27.5 Å². The Morgan fingerprint density at radius 3 is 2.33 bits per heavy atom. The number of hydrogen-bond acceptors (Lipinski definition) is 1. The lowest BCUT2D eigenvalue weighted by molar-refractivity contribution is 0.565. The minimum atomic E-state index is -0.710.